The fraction of sp³-hybridized carbons (Fsp3) is 0.536. The molecule has 0 N–H and O–H groups in total. The minimum Gasteiger partial charge on any atom is -0.307 e. The maximum atomic E-state index is 13.5. The molecule has 0 atom stereocenters. The number of amides is 1. The highest BCUT2D eigenvalue weighted by molar-refractivity contribution is 5.96. The normalized spacial score (nSPS) is 21.7. The van der Waals surface area contributed by atoms with Gasteiger partial charge < -0.3 is 9.80 Å². The predicted octanol–water partition coefficient (Wildman–Crippen LogP) is 4.48. The summed E-state index contributed by atoms with van der Waals surface area (Å²) in [4.78, 5) is 20.6. The Kier molecular flexibility index (Phi) is 5.85. The Morgan fingerprint density at radius 1 is 1.03 bits per heavy atom. The zero-order chi connectivity index (χ0) is 22.3. The van der Waals surface area contributed by atoms with E-state index in [4.69, 9.17) is 0 Å². The van der Waals surface area contributed by atoms with Gasteiger partial charge in [-0.25, -0.2) is 0 Å². The van der Waals surface area contributed by atoms with Crippen LogP contribution in [0.3, 0.4) is 0 Å². The number of anilines is 1. The van der Waals surface area contributed by atoms with E-state index in [1.165, 1.54) is 35.5 Å². The number of hydrogen-bond donors (Lipinski definition) is 0. The van der Waals surface area contributed by atoms with Gasteiger partial charge in [-0.05, 0) is 69.3 Å². The summed E-state index contributed by atoms with van der Waals surface area (Å²) in [5.74, 6) is 0.878. The SMILES string of the molecule is CN1CC(N2CC(c3ccc4c(c3)N(C(=O)CCCc3ccccc3)C(C)(C)CC4)C2)C1. The number of rotatable bonds is 6. The molecule has 170 valence electrons. The van der Waals surface area contributed by atoms with Crippen molar-refractivity contribution in [1.29, 1.82) is 0 Å². The van der Waals surface area contributed by atoms with Crippen LogP contribution in [0.1, 0.15) is 55.7 Å². The summed E-state index contributed by atoms with van der Waals surface area (Å²) >= 11 is 0. The molecular formula is C28H37N3O. The smallest absolute Gasteiger partial charge is 0.227 e. The van der Waals surface area contributed by atoms with Crippen molar-refractivity contribution in [1.82, 2.24) is 9.80 Å². The van der Waals surface area contributed by atoms with Crippen molar-refractivity contribution in [2.75, 3.05) is 38.1 Å². The zero-order valence-corrected chi connectivity index (χ0v) is 19.9. The third-order valence-electron chi connectivity index (χ3n) is 7.85. The van der Waals surface area contributed by atoms with Crippen molar-refractivity contribution >= 4 is 11.6 Å². The van der Waals surface area contributed by atoms with Crippen molar-refractivity contribution in [3.63, 3.8) is 0 Å². The van der Waals surface area contributed by atoms with Crippen LogP contribution in [0.25, 0.3) is 0 Å². The van der Waals surface area contributed by atoms with Gasteiger partial charge in [-0.2, -0.15) is 0 Å². The van der Waals surface area contributed by atoms with Crippen LogP contribution in [-0.2, 0) is 17.6 Å². The van der Waals surface area contributed by atoms with Gasteiger partial charge in [0.15, 0.2) is 0 Å². The highest BCUT2D eigenvalue weighted by atomic mass is 16.2. The summed E-state index contributed by atoms with van der Waals surface area (Å²) in [6.07, 6.45) is 4.55. The van der Waals surface area contributed by atoms with E-state index in [0.29, 0.717) is 12.3 Å². The van der Waals surface area contributed by atoms with Gasteiger partial charge in [0.05, 0.1) is 0 Å². The lowest BCUT2D eigenvalue weighted by Crippen LogP contribution is -2.63. The van der Waals surface area contributed by atoms with Gasteiger partial charge in [0.2, 0.25) is 5.91 Å². The largest absolute Gasteiger partial charge is 0.307 e. The van der Waals surface area contributed by atoms with Gasteiger partial charge in [-0.3, -0.25) is 9.69 Å². The minimum atomic E-state index is -0.127. The molecule has 0 aliphatic carbocycles. The van der Waals surface area contributed by atoms with E-state index in [0.717, 1.165) is 44.8 Å². The van der Waals surface area contributed by atoms with E-state index in [1.54, 1.807) is 0 Å². The minimum absolute atomic E-state index is 0.127. The molecule has 4 nitrogen and oxygen atoms in total. The Hall–Kier alpha value is -2.17. The third-order valence-corrected chi connectivity index (χ3v) is 7.85. The number of carbonyl (C=O) groups is 1. The van der Waals surface area contributed by atoms with E-state index < -0.39 is 0 Å². The molecule has 2 fully saturated rings. The molecule has 0 bridgehead atoms. The van der Waals surface area contributed by atoms with Crippen molar-refractivity contribution in [3.8, 4) is 0 Å². The Labute approximate surface area is 193 Å². The Morgan fingerprint density at radius 3 is 2.50 bits per heavy atom. The molecule has 0 radical (unpaired) electrons. The van der Waals surface area contributed by atoms with Gasteiger partial charge >= 0.3 is 0 Å². The molecule has 3 aliphatic rings. The molecule has 0 aromatic heterocycles. The zero-order valence-electron chi connectivity index (χ0n) is 19.9. The second-order valence-electron chi connectivity index (χ2n) is 10.8. The quantitative estimate of drug-likeness (QED) is 0.675. The third kappa shape index (κ3) is 4.23. The van der Waals surface area contributed by atoms with Crippen molar-refractivity contribution < 1.29 is 4.79 Å². The molecule has 2 aromatic carbocycles. The molecule has 0 saturated carbocycles. The molecule has 2 aromatic rings. The lowest BCUT2D eigenvalue weighted by molar-refractivity contribution is -0.119. The van der Waals surface area contributed by atoms with Gasteiger partial charge in [0.1, 0.15) is 0 Å². The Morgan fingerprint density at radius 2 is 1.78 bits per heavy atom. The van der Waals surface area contributed by atoms with Crippen LogP contribution in [0.4, 0.5) is 5.69 Å². The number of fused-ring (bicyclic) bond motifs is 1. The van der Waals surface area contributed by atoms with Gasteiger partial charge in [0, 0.05) is 55.8 Å². The highest BCUT2D eigenvalue weighted by Gasteiger charge is 2.40. The molecule has 5 rings (SSSR count). The van der Waals surface area contributed by atoms with Crippen LogP contribution >= 0.6 is 0 Å². The van der Waals surface area contributed by atoms with E-state index >= 15 is 0 Å². The number of likely N-dealkylation sites (N-methyl/N-ethyl adjacent to an activating group) is 1. The number of benzene rings is 2. The first kappa shape index (κ1) is 21.7. The van der Waals surface area contributed by atoms with Crippen LogP contribution in [0.5, 0.6) is 0 Å². The lowest BCUT2D eigenvalue weighted by atomic mass is 9.83. The molecule has 4 heteroatoms. The summed E-state index contributed by atoms with van der Waals surface area (Å²) in [7, 11) is 2.20. The number of likely N-dealkylation sites (tertiary alicyclic amines) is 2. The maximum absolute atomic E-state index is 13.5. The first-order chi connectivity index (χ1) is 15.4. The number of nitrogens with zero attached hydrogens (tertiary/aromatic N) is 3. The van der Waals surface area contributed by atoms with Gasteiger partial charge in [-0.15, -0.1) is 0 Å². The predicted molar refractivity (Wildman–Crippen MR) is 131 cm³/mol. The van der Waals surface area contributed by atoms with Crippen molar-refractivity contribution in [2.24, 2.45) is 0 Å². The molecule has 3 aliphatic heterocycles. The van der Waals surface area contributed by atoms with Gasteiger partial charge in [-0.1, -0.05) is 42.5 Å². The summed E-state index contributed by atoms with van der Waals surface area (Å²) in [6, 6.07) is 18.2. The fourth-order valence-electron chi connectivity index (χ4n) is 5.72. The molecule has 0 spiro atoms. The molecule has 32 heavy (non-hydrogen) atoms. The fourth-order valence-corrected chi connectivity index (χ4v) is 5.72. The van der Waals surface area contributed by atoms with Crippen LogP contribution in [0, 0.1) is 0 Å². The summed E-state index contributed by atoms with van der Waals surface area (Å²) in [5, 5.41) is 0. The second kappa shape index (κ2) is 8.64. The van der Waals surface area contributed by atoms with Crippen LogP contribution < -0.4 is 4.90 Å². The molecule has 2 saturated heterocycles. The van der Waals surface area contributed by atoms with E-state index in [-0.39, 0.29) is 11.4 Å². The number of aryl methyl sites for hydroxylation is 2. The van der Waals surface area contributed by atoms with E-state index in [9.17, 15) is 4.79 Å². The van der Waals surface area contributed by atoms with Crippen LogP contribution in [0.2, 0.25) is 0 Å². The van der Waals surface area contributed by atoms with Crippen LogP contribution in [0.15, 0.2) is 48.5 Å². The van der Waals surface area contributed by atoms with Crippen molar-refractivity contribution in [3.05, 3.63) is 65.2 Å². The van der Waals surface area contributed by atoms with Crippen LogP contribution in [-0.4, -0.2) is 60.5 Å². The van der Waals surface area contributed by atoms with E-state index in [1.807, 2.05) is 6.07 Å². The van der Waals surface area contributed by atoms with Gasteiger partial charge in [0.25, 0.3) is 0 Å². The Bertz CT molecular complexity index is 958. The summed E-state index contributed by atoms with van der Waals surface area (Å²) in [5.41, 5.74) is 5.10. The Balaban J connectivity index is 1.28. The van der Waals surface area contributed by atoms with E-state index in [2.05, 4.69) is 78.1 Å². The lowest BCUT2D eigenvalue weighted by Gasteiger charge is -2.51. The summed E-state index contributed by atoms with van der Waals surface area (Å²) in [6.45, 7) is 9.19. The summed E-state index contributed by atoms with van der Waals surface area (Å²) < 4.78 is 0. The maximum Gasteiger partial charge on any atom is 0.227 e. The molecular weight excluding hydrogens is 394 g/mol. The van der Waals surface area contributed by atoms with Crippen molar-refractivity contribution in [2.45, 2.75) is 63.5 Å². The average Bonchev–Trinajstić information content (AvgIpc) is 2.71. The number of carbonyl (C=O) groups excluding carboxylic acids is 1. The highest BCUT2D eigenvalue weighted by Crippen LogP contribution is 2.40. The standard InChI is InChI=1S/C28H37N3O/c1-28(2)15-14-22-12-13-23(24-17-30(18-24)25-19-29(3)20-25)16-26(22)31(28)27(32)11-7-10-21-8-5-4-6-9-21/h4-6,8-9,12-13,16,24-25H,7,10-11,14-15,17-20H2,1-3H3. The number of hydrogen-bond acceptors (Lipinski definition) is 3. The average molecular weight is 432 g/mol. The molecule has 0 unspecified atom stereocenters. The monoisotopic (exact) mass is 431 g/mol. The molecule has 1 amide bonds. The second-order valence-corrected chi connectivity index (χ2v) is 10.8. The topological polar surface area (TPSA) is 26.8 Å². The first-order valence-electron chi connectivity index (χ1n) is 12.3. The first-order valence-corrected chi connectivity index (χ1v) is 12.3. The molecule has 3 heterocycles.